The molecule has 2 aliphatic heterocycles. The molecule has 1 atom stereocenters. The van der Waals surface area contributed by atoms with Crippen LogP contribution in [0.15, 0.2) is 12.3 Å². The van der Waals surface area contributed by atoms with E-state index in [1.165, 1.54) is 12.3 Å². The van der Waals surface area contributed by atoms with Crippen molar-refractivity contribution in [2.45, 2.75) is 19.0 Å². The summed E-state index contributed by atoms with van der Waals surface area (Å²) in [4.78, 5) is 32.4. The van der Waals surface area contributed by atoms with Crippen LogP contribution in [0.5, 0.6) is 0 Å². The molecule has 0 aromatic carbocycles. The van der Waals surface area contributed by atoms with Gasteiger partial charge in [0, 0.05) is 32.4 Å². The molecule has 160 valence electrons. The van der Waals surface area contributed by atoms with Gasteiger partial charge in [0.2, 0.25) is 5.91 Å². The Kier molecular flexibility index (Phi) is 6.84. The Bertz CT molecular complexity index is 756. The van der Waals surface area contributed by atoms with Gasteiger partial charge in [-0.25, -0.2) is 4.98 Å². The zero-order valence-electron chi connectivity index (χ0n) is 15.7. The van der Waals surface area contributed by atoms with Gasteiger partial charge in [-0.15, -0.1) is 0 Å². The topological polar surface area (TPSA) is 74.8 Å². The number of pyridine rings is 1. The smallest absolute Gasteiger partial charge is 0.378 e. The van der Waals surface area contributed by atoms with Crippen molar-refractivity contribution in [3.63, 3.8) is 0 Å². The first-order valence-electron chi connectivity index (χ1n) is 9.36. The van der Waals surface area contributed by atoms with Gasteiger partial charge in [-0.2, -0.15) is 13.2 Å². The van der Waals surface area contributed by atoms with Gasteiger partial charge in [0.05, 0.1) is 29.7 Å². The quantitative estimate of drug-likeness (QED) is 0.785. The summed E-state index contributed by atoms with van der Waals surface area (Å²) in [5.74, 6) is -0.989. The molecule has 1 aromatic rings. The lowest BCUT2D eigenvalue weighted by atomic mass is 9.97. The number of morpholine rings is 1. The van der Waals surface area contributed by atoms with E-state index >= 15 is 0 Å². The van der Waals surface area contributed by atoms with Crippen LogP contribution in [0.1, 0.15) is 23.2 Å². The van der Waals surface area contributed by atoms with E-state index in [4.69, 9.17) is 16.3 Å². The molecule has 1 N–H and O–H groups in total. The maximum atomic E-state index is 12.5. The largest absolute Gasteiger partial charge is 0.405 e. The predicted octanol–water partition coefficient (Wildman–Crippen LogP) is 2.10. The summed E-state index contributed by atoms with van der Waals surface area (Å²) >= 11 is 6.35. The Morgan fingerprint density at radius 2 is 2.00 bits per heavy atom. The molecular weight excluding hydrogens is 413 g/mol. The molecule has 2 aliphatic rings. The summed E-state index contributed by atoms with van der Waals surface area (Å²) in [6, 6.07) is 1.54. The molecule has 7 nitrogen and oxygen atoms in total. The molecule has 0 radical (unpaired) electrons. The highest BCUT2D eigenvalue weighted by atomic mass is 35.5. The summed E-state index contributed by atoms with van der Waals surface area (Å²) in [5, 5.41) is 2.20. The third kappa shape index (κ3) is 5.72. The van der Waals surface area contributed by atoms with Gasteiger partial charge in [0.15, 0.2) is 0 Å². The lowest BCUT2D eigenvalue weighted by Crippen LogP contribution is -2.45. The molecule has 0 spiro atoms. The monoisotopic (exact) mass is 434 g/mol. The van der Waals surface area contributed by atoms with Gasteiger partial charge in [-0.3, -0.25) is 9.59 Å². The number of aromatic nitrogens is 1. The van der Waals surface area contributed by atoms with Crippen LogP contribution >= 0.6 is 11.6 Å². The van der Waals surface area contributed by atoms with Crippen LogP contribution in [0, 0.1) is 5.92 Å². The fourth-order valence-electron chi connectivity index (χ4n) is 3.44. The number of carbonyl (C=O) groups is 2. The SMILES string of the molecule is O=C(NCC(F)(F)F)C1CCCN(c2ncc(C(=O)N3CCOCC3)cc2Cl)C1. The number of anilines is 1. The van der Waals surface area contributed by atoms with Gasteiger partial charge in [-0.1, -0.05) is 11.6 Å². The third-order valence-electron chi connectivity index (χ3n) is 4.92. The third-order valence-corrected chi connectivity index (χ3v) is 5.20. The molecule has 29 heavy (non-hydrogen) atoms. The summed E-state index contributed by atoms with van der Waals surface area (Å²) in [6.07, 6.45) is -1.90. The average Bonchev–Trinajstić information content (AvgIpc) is 2.71. The van der Waals surface area contributed by atoms with Crippen molar-refractivity contribution in [3.8, 4) is 0 Å². The van der Waals surface area contributed by atoms with E-state index in [2.05, 4.69) is 4.98 Å². The summed E-state index contributed by atoms with van der Waals surface area (Å²) < 4.78 is 42.2. The second-order valence-corrected chi connectivity index (χ2v) is 7.46. The number of rotatable bonds is 4. The second-order valence-electron chi connectivity index (χ2n) is 7.05. The highest BCUT2D eigenvalue weighted by Gasteiger charge is 2.32. The zero-order valence-corrected chi connectivity index (χ0v) is 16.4. The van der Waals surface area contributed by atoms with Crippen LogP contribution in [0.3, 0.4) is 0 Å². The summed E-state index contributed by atoms with van der Waals surface area (Å²) in [6.45, 7) is 1.41. The standard InChI is InChI=1S/C18H22ClF3N4O3/c19-14-8-13(17(28)25-4-6-29-7-5-25)9-23-15(14)26-3-1-2-12(10-26)16(27)24-11-18(20,21)22/h8-9,12H,1-7,10-11H2,(H,24,27). The molecule has 3 rings (SSSR count). The number of piperidine rings is 1. The number of carbonyl (C=O) groups excluding carboxylic acids is 2. The van der Waals surface area contributed by atoms with Crippen LogP contribution in [0.25, 0.3) is 0 Å². The zero-order chi connectivity index (χ0) is 21.0. The molecule has 1 unspecified atom stereocenters. The van der Waals surface area contributed by atoms with Crippen LogP contribution < -0.4 is 10.2 Å². The van der Waals surface area contributed by atoms with Crippen LogP contribution in [-0.4, -0.2) is 73.8 Å². The van der Waals surface area contributed by atoms with Crippen LogP contribution in [-0.2, 0) is 9.53 Å². The maximum Gasteiger partial charge on any atom is 0.405 e. The minimum Gasteiger partial charge on any atom is -0.378 e. The van der Waals surface area contributed by atoms with Crippen molar-refractivity contribution in [2.24, 2.45) is 5.92 Å². The number of nitrogens with one attached hydrogen (secondary N) is 1. The molecule has 2 fully saturated rings. The molecule has 2 amide bonds. The van der Waals surface area contributed by atoms with E-state index in [-0.39, 0.29) is 17.5 Å². The van der Waals surface area contributed by atoms with Gasteiger partial charge in [0.25, 0.3) is 5.91 Å². The Morgan fingerprint density at radius 3 is 2.66 bits per heavy atom. The minimum atomic E-state index is -4.45. The van der Waals surface area contributed by atoms with Crippen molar-refractivity contribution < 1.29 is 27.5 Å². The van der Waals surface area contributed by atoms with E-state index in [0.717, 1.165) is 0 Å². The number of halogens is 4. The number of ether oxygens (including phenoxy) is 1. The molecule has 11 heteroatoms. The van der Waals surface area contributed by atoms with Crippen molar-refractivity contribution >= 4 is 29.2 Å². The average molecular weight is 435 g/mol. The Morgan fingerprint density at radius 1 is 1.28 bits per heavy atom. The van der Waals surface area contributed by atoms with Gasteiger partial charge in [0.1, 0.15) is 12.4 Å². The molecule has 0 aliphatic carbocycles. The lowest BCUT2D eigenvalue weighted by molar-refractivity contribution is -0.140. The van der Waals surface area contributed by atoms with Crippen molar-refractivity contribution in [1.29, 1.82) is 0 Å². The number of amides is 2. The summed E-state index contributed by atoms with van der Waals surface area (Å²) in [5.41, 5.74) is 0.358. The lowest BCUT2D eigenvalue weighted by Gasteiger charge is -2.33. The van der Waals surface area contributed by atoms with E-state index in [1.54, 1.807) is 9.80 Å². The fourth-order valence-corrected chi connectivity index (χ4v) is 3.73. The van der Waals surface area contributed by atoms with Gasteiger partial charge >= 0.3 is 6.18 Å². The van der Waals surface area contributed by atoms with Gasteiger partial charge < -0.3 is 19.9 Å². The number of hydrogen-bond donors (Lipinski definition) is 1. The number of nitrogens with zero attached hydrogens (tertiary/aromatic N) is 3. The van der Waals surface area contributed by atoms with Crippen molar-refractivity contribution in [2.75, 3.05) is 50.8 Å². The second kappa shape index (κ2) is 9.17. The van der Waals surface area contributed by atoms with Crippen molar-refractivity contribution in [3.05, 3.63) is 22.8 Å². The van der Waals surface area contributed by atoms with Crippen LogP contribution in [0.4, 0.5) is 19.0 Å². The number of hydrogen-bond acceptors (Lipinski definition) is 5. The molecule has 3 heterocycles. The first kappa shape index (κ1) is 21.6. The Balaban J connectivity index is 1.65. The van der Waals surface area contributed by atoms with E-state index in [0.29, 0.717) is 57.1 Å². The van der Waals surface area contributed by atoms with E-state index < -0.39 is 24.5 Å². The maximum absolute atomic E-state index is 12.5. The predicted molar refractivity (Wildman–Crippen MR) is 100.0 cm³/mol. The van der Waals surface area contributed by atoms with E-state index in [1.807, 2.05) is 5.32 Å². The molecule has 0 saturated carbocycles. The van der Waals surface area contributed by atoms with E-state index in [9.17, 15) is 22.8 Å². The molecular formula is C18H22ClF3N4O3. The highest BCUT2D eigenvalue weighted by molar-refractivity contribution is 6.33. The first-order valence-corrected chi connectivity index (χ1v) is 9.74. The van der Waals surface area contributed by atoms with Crippen molar-refractivity contribution in [1.82, 2.24) is 15.2 Å². The molecule has 1 aromatic heterocycles. The molecule has 2 saturated heterocycles. The normalized spacial score (nSPS) is 20.5. The highest BCUT2D eigenvalue weighted by Crippen LogP contribution is 2.29. The van der Waals surface area contributed by atoms with Gasteiger partial charge in [-0.05, 0) is 18.9 Å². The molecule has 0 bridgehead atoms. The first-order chi connectivity index (χ1) is 13.7. The van der Waals surface area contributed by atoms with Crippen LogP contribution in [0.2, 0.25) is 5.02 Å². The fraction of sp³-hybridized carbons (Fsp3) is 0.611. The summed E-state index contributed by atoms with van der Waals surface area (Å²) in [7, 11) is 0. The number of alkyl halides is 3. The Hall–Kier alpha value is -2.07. The minimum absolute atomic E-state index is 0.183. The Labute approximate surface area is 171 Å².